The quantitative estimate of drug-likeness (QED) is 0.653. The van der Waals surface area contributed by atoms with Crippen LogP contribution >= 0.6 is 0 Å². The standard InChI is InChI=1S/C15H18N2O2/c16-17-13(14-6-3-8-18-14)10-15-12-5-2-1-4-11(12)7-9-19-15/h1-6,8,13,15,17H,7,9-10,16H2. The van der Waals surface area contributed by atoms with Gasteiger partial charge in [-0.15, -0.1) is 0 Å². The highest BCUT2D eigenvalue weighted by molar-refractivity contribution is 5.31. The van der Waals surface area contributed by atoms with E-state index in [4.69, 9.17) is 15.0 Å². The van der Waals surface area contributed by atoms with Crippen molar-refractivity contribution < 1.29 is 9.15 Å². The predicted molar refractivity (Wildman–Crippen MR) is 72.2 cm³/mol. The molecule has 0 saturated heterocycles. The molecule has 0 radical (unpaired) electrons. The first-order valence-corrected chi connectivity index (χ1v) is 6.57. The highest BCUT2D eigenvalue weighted by Gasteiger charge is 2.25. The molecule has 100 valence electrons. The molecule has 19 heavy (non-hydrogen) atoms. The van der Waals surface area contributed by atoms with E-state index in [9.17, 15) is 0 Å². The summed E-state index contributed by atoms with van der Waals surface area (Å²) >= 11 is 0. The summed E-state index contributed by atoms with van der Waals surface area (Å²) in [4.78, 5) is 0. The van der Waals surface area contributed by atoms with Crippen LogP contribution < -0.4 is 11.3 Å². The predicted octanol–water partition coefficient (Wildman–Crippen LogP) is 2.49. The molecular weight excluding hydrogens is 240 g/mol. The first kappa shape index (κ1) is 12.4. The van der Waals surface area contributed by atoms with Gasteiger partial charge >= 0.3 is 0 Å². The minimum Gasteiger partial charge on any atom is -0.468 e. The van der Waals surface area contributed by atoms with E-state index in [0.29, 0.717) is 0 Å². The van der Waals surface area contributed by atoms with Crippen LogP contribution in [-0.2, 0) is 11.2 Å². The number of hydrogen-bond donors (Lipinski definition) is 2. The van der Waals surface area contributed by atoms with Gasteiger partial charge in [0.25, 0.3) is 0 Å². The summed E-state index contributed by atoms with van der Waals surface area (Å²) in [6.07, 6.45) is 3.47. The minimum atomic E-state index is -0.0360. The molecular formula is C15H18N2O2. The number of hydrogen-bond acceptors (Lipinski definition) is 4. The van der Waals surface area contributed by atoms with E-state index in [2.05, 4.69) is 29.7 Å². The van der Waals surface area contributed by atoms with Crippen LogP contribution in [0.2, 0.25) is 0 Å². The second-order valence-electron chi connectivity index (χ2n) is 4.78. The van der Waals surface area contributed by atoms with Crippen molar-refractivity contribution in [1.29, 1.82) is 0 Å². The Balaban J connectivity index is 1.80. The van der Waals surface area contributed by atoms with Crippen LogP contribution in [0.5, 0.6) is 0 Å². The zero-order valence-corrected chi connectivity index (χ0v) is 10.7. The molecule has 1 aromatic heterocycles. The number of benzene rings is 1. The smallest absolute Gasteiger partial charge is 0.122 e. The van der Waals surface area contributed by atoms with Crippen molar-refractivity contribution in [3.63, 3.8) is 0 Å². The topological polar surface area (TPSA) is 60.4 Å². The Labute approximate surface area is 112 Å². The Kier molecular flexibility index (Phi) is 3.64. The van der Waals surface area contributed by atoms with Crippen LogP contribution in [0.1, 0.15) is 35.5 Å². The average Bonchev–Trinajstić information content (AvgIpc) is 2.99. The lowest BCUT2D eigenvalue weighted by molar-refractivity contribution is 0.0276. The van der Waals surface area contributed by atoms with Gasteiger partial charge in [-0.2, -0.15) is 0 Å². The minimum absolute atomic E-state index is 0.0360. The third-order valence-corrected chi connectivity index (χ3v) is 3.63. The number of nitrogens with two attached hydrogens (primary N) is 1. The summed E-state index contributed by atoms with van der Waals surface area (Å²) in [6.45, 7) is 0.761. The number of fused-ring (bicyclic) bond motifs is 1. The van der Waals surface area contributed by atoms with Gasteiger partial charge in [-0.05, 0) is 29.7 Å². The zero-order valence-electron chi connectivity index (χ0n) is 10.7. The monoisotopic (exact) mass is 258 g/mol. The molecule has 4 nitrogen and oxygen atoms in total. The molecule has 1 aliphatic heterocycles. The van der Waals surface area contributed by atoms with Gasteiger partial charge in [-0.25, -0.2) is 5.43 Å². The number of ether oxygens (including phenoxy) is 1. The van der Waals surface area contributed by atoms with Gasteiger partial charge in [0.2, 0.25) is 0 Å². The van der Waals surface area contributed by atoms with E-state index in [-0.39, 0.29) is 12.1 Å². The summed E-state index contributed by atoms with van der Waals surface area (Å²) in [5, 5.41) is 0. The van der Waals surface area contributed by atoms with Crippen LogP contribution in [0.25, 0.3) is 0 Å². The van der Waals surface area contributed by atoms with Crippen LogP contribution in [0.3, 0.4) is 0 Å². The molecule has 0 bridgehead atoms. The van der Waals surface area contributed by atoms with Gasteiger partial charge in [0.05, 0.1) is 25.0 Å². The second-order valence-corrected chi connectivity index (χ2v) is 4.78. The highest BCUT2D eigenvalue weighted by atomic mass is 16.5. The molecule has 3 N–H and O–H groups in total. The van der Waals surface area contributed by atoms with Crippen LogP contribution in [0.4, 0.5) is 0 Å². The van der Waals surface area contributed by atoms with E-state index in [1.165, 1.54) is 11.1 Å². The van der Waals surface area contributed by atoms with E-state index in [1.807, 2.05) is 12.1 Å². The highest BCUT2D eigenvalue weighted by Crippen LogP contribution is 2.34. The van der Waals surface area contributed by atoms with Crippen molar-refractivity contribution in [3.05, 3.63) is 59.5 Å². The van der Waals surface area contributed by atoms with Crippen molar-refractivity contribution in [2.45, 2.75) is 25.0 Å². The third kappa shape index (κ3) is 2.56. The number of rotatable bonds is 4. The summed E-state index contributed by atoms with van der Waals surface area (Å²) < 4.78 is 11.3. The molecule has 2 unspecified atom stereocenters. The number of furan rings is 1. The van der Waals surface area contributed by atoms with Crippen molar-refractivity contribution in [3.8, 4) is 0 Å². The number of nitrogens with one attached hydrogen (secondary N) is 1. The maximum absolute atomic E-state index is 5.90. The van der Waals surface area contributed by atoms with E-state index in [0.717, 1.165) is 25.2 Å². The molecule has 2 aromatic rings. The molecule has 0 saturated carbocycles. The van der Waals surface area contributed by atoms with Gasteiger partial charge in [0.1, 0.15) is 5.76 Å². The van der Waals surface area contributed by atoms with Crippen molar-refractivity contribution in [2.24, 2.45) is 5.84 Å². The van der Waals surface area contributed by atoms with Crippen molar-refractivity contribution in [1.82, 2.24) is 5.43 Å². The lowest BCUT2D eigenvalue weighted by atomic mass is 9.93. The number of hydrazine groups is 1. The Hall–Kier alpha value is -1.62. The average molecular weight is 258 g/mol. The van der Waals surface area contributed by atoms with Gasteiger partial charge in [-0.1, -0.05) is 24.3 Å². The third-order valence-electron chi connectivity index (χ3n) is 3.63. The summed E-state index contributed by atoms with van der Waals surface area (Å²) in [7, 11) is 0. The molecule has 2 heterocycles. The summed E-state index contributed by atoms with van der Waals surface area (Å²) in [5.41, 5.74) is 5.44. The molecule has 1 aliphatic rings. The maximum atomic E-state index is 5.90. The van der Waals surface area contributed by atoms with Crippen molar-refractivity contribution in [2.75, 3.05) is 6.61 Å². The molecule has 2 atom stereocenters. The van der Waals surface area contributed by atoms with Gasteiger partial charge < -0.3 is 9.15 Å². The molecule has 0 aliphatic carbocycles. The first-order valence-electron chi connectivity index (χ1n) is 6.57. The van der Waals surface area contributed by atoms with Crippen molar-refractivity contribution >= 4 is 0 Å². The molecule has 1 aromatic carbocycles. The van der Waals surface area contributed by atoms with Crippen LogP contribution in [0.15, 0.2) is 47.1 Å². The van der Waals surface area contributed by atoms with Gasteiger partial charge in [0, 0.05) is 6.42 Å². The largest absolute Gasteiger partial charge is 0.468 e. The fourth-order valence-corrected chi connectivity index (χ4v) is 2.64. The Morgan fingerprint density at radius 1 is 1.26 bits per heavy atom. The fourth-order valence-electron chi connectivity index (χ4n) is 2.64. The molecule has 3 rings (SSSR count). The van der Waals surface area contributed by atoms with Crippen LogP contribution in [0, 0.1) is 0 Å². The van der Waals surface area contributed by atoms with Gasteiger partial charge in [-0.3, -0.25) is 5.84 Å². The van der Waals surface area contributed by atoms with Gasteiger partial charge in [0.15, 0.2) is 0 Å². The van der Waals surface area contributed by atoms with Crippen LogP contribution in [-0.4, -0.2) is 6.61 Å². The van der Waals surface area contributed by atoms with E-state index >= 15 is 0 Å². The Morgan fingerprint density at radius 2 is 2.16 bits per heavy atom. The fraction of sp³-hybridized carbons (Fsp3) is 0.333. The maximum Gasteiger partial charge on any atom is 0.122 e. The second kappa shape index (κ2) is 5.57. The normalized spacial score (nSPS) is 19.9. The zero-order chi connectivity index (χ0) is 13.1. The molecule has 0 spiro atoms. The summed E-state index contributed by atoms with van der Waals surface area (Å²) in [5.74, 6) is 6.48. The Morgan fingerprint density at radius 3 is 2.95 bits per heavy atom. The first-order chi connectivity index (χ1) is 9.38. The van der Waals surface area contributed by atoms with E-state index in [1.54, 1.807) is 6.26 Å². The summed E-state index contributed by atoms with van der Waals surface area (Å²) in [6, 6.07) is 12.2. The lowest BCUT2D eigenvalue weighted by Crippen LogP contribution is -2.30. The van der Waals surface area contributed by atoms with E-state index < -0.39 is 0 Å². The Bertz CT molecular complexity index is 525. The molecule has 4 heteroatoms. The SMILES string of the molecule is NNC(CC1OCCc2ccccc21)c1ccco1. The molecule has 0 fully saturated rings. The molecule has 0 amide bonds. The lowest BCUT2D eigenvalue weighted by Gasteiger charge is -2.28.